The molecule has 110 valence electrons. The van der Waals surface area contributed by atoms with E-state index in [2.05, 4.69) is 73.8 Å². The largest absolute Gasteiger partial charge is 0.311 e. The van der Waals surface area contributed by atoms with Gasteiger partial charge in [-0.15, -0.1) is 0 Å². The fraction of sp³-hybridized carbons (Fsp3) is 0.400. The second-order valence-corrected chi connectivity index (χ2v) is 6.58. The zero-order chi connectivity index (χ0) is 14.7. The molecule has 1 heterocycles. The van der Waals surface area contributed by atoms with E-state index in [-0.39, 0.29) is 0 Å². The Bertz CT molecular complexity index is 563. The van der Waals surface area contributed by atoms with Crippen LogP contribution < -0.4 is 5.32 Å². The van der Waals surface area contributed by atoms with Crippen LogP contribution in [0, 0.1) is 5.92 Å². The van der Waals surface area contributed by atoms with Gasteiger partial charge in [0.25, 0.3) is 0 Å². The average Bonchev–Trinajstić information content (AvgIpc) is 2.99. The molecule has 0 spiro atoms. The Balaban J connectivity index is 1.78. The summed E-state index contributed by atoms with van der Waals surface area (Å²) in [7, 11) is 0. The topological polar surface area (TPSA) is 12.0 Å². The van der Waals surface area contributed by atoms with Crippen molar-refractivity contribution in [1.29, 1.82) is 0 Å². The lowest BCUT2D eigenvalue weighted by atomic mass is 9.79. The minimum Gasteiger partial charge on any atom is -0.311 e. The summed E-state index contributed by atoms with van der Waals surface area (Å²) in [6, 6.07) is 19.7. The molecule has 1 unspecified atom stereocenters. The summed E-state index contributed by atoms with van der Waals surface area (Å²) >= 11 is 0. The van der Waals surface area contributed by atoms with Crippen molar-refractivity contribution in [3.63, 3.8) is 0 Å². The molecular formula is C20H25N. The van der Waals surface area contributed by atoms with Crippen LogP contribution in [0.2, 0.25) is 0 Å². The Kier molecular flexibility index (Phi) is 4.12. The summed E-state index contributed by atoms with van der Waals surface area (Å²) in [4.78, 5) is 0. The van der Waals surface area contributed by atoms with Crippen molar-refractivity contribution in [2.75, 3.05) is 6.54 Å². The molecule has 0 aromatic heterocycles. The van der Waals surface area contributed by atoms with Crippen LogP contribution in [0.3, 0.4) is 0 Å². The minimum absolute atomic E-state index is 0.300. The molecule has 1 nitrogen and oxygen atoms in total. The maximum atomic E-state index is 3.76. The third-order valence-electron chi connectivity index (χ3n) is 4.96. The number of rotatable bonds is 4. The van der Waals surface area contributed by atoms with Gasteiger partial charge in [-0.2, -0.15) is 0 Å². The Morgan fingerprint density at radius 3 is 2.19 bits per heavy atom. The first-order chi connectivity index (χ1) is 10.2. The quantitative estimate of drug-likeness (QED) is 0.857. The van der Waals surface area contributed by atoms with Crippen LogP contribution in [0.25, 0.3) is 11.1 Å². The van der Waals surface area contributed by atoms with Crippen LogP contribution in [0.1, 0.15) is 32.3 Å². The molecule has 2 aromatic carbocycles. The second kappa shape index (κ2) is 6.03. The van der Waals surface area contributed by atoms with Gasteiger partial charge in [-0.25, -0.2) is 0 Å². The lowest BCUT2D eigenvalue weighted by Gasteiger charge is -2.34. The number of benzene rings is 2. The number of hydrogen-bond donors (Lipinski definition) is 1. The van der Waals surface area contributed by atoms with Crippen LogP contribution in [0.5, 0.6) is 0 Å². The molecule has 1 atom stereocenters. The molecule has 1 saturated heterocycles. The Morgan fingerprint density at radius 1 is 0.952 bits per heavy atom. The van der Waals surface area contributed by atoms with Gasteiger partial charge in [0, 0.05) is 5.54 Å². The van der Waals surface area contributed by atoms with Crippen LogP contribution in [0.4, 0.5) is 0 Å². The van der Waals surface area contributed by atoms with Gasteiger partial charge in [0.1, 0.15) is 0 Å². The minimum atomic E-state index is 0.300. The van der Waals surface area contributed by atoms with Crippen molar-refractivity contribution < 1.29 is 0 Å². The van der Waals surface area contributed by atoms with Gasteiger partial charge < -0.3 is 5.32 Å². The van der Waals surface area contributed by atoms with Crippen LogP contribution in [-0.2, 0) is 6.42 Å². The van der Waals surface area contributed by atoms with Gasteiger partial charge in [0.15, 0.2) is 0 Å². The maximum absolute atomic E-state index is 3.76. The fourth-order valence-electron chi connectivity index (χ4n) is 3.49. The first-order valence-corrected chi connectivity index (χ1v) is 8.09. The normalized spacial score (nSPS) is 21.9. The Hall–Kier alpha value is -1.60. The highest BCUT2D eigenvalue weighted by atomic mass is 15.0. The molecule has 21 heavy (non-hydrogen) atoms. The third kappa shape index (κ3) is 3.03. The van der Waals surface area contributed by atoms with Gasteiger partial charge in [-0.1, -0.05) is 68.4 Å². The SMILES string of the molecule is CC(C)C1(Cc2ccc(-c3ccccc3)cc2)CCCN1. The van der Waals surface area contributed by atoms with Gasteiger partial charge >= 0.3 is 0 Å². The van der Waals surface area contributed by atoms with Gasteiger partial charge in [-0.3, -0.25) is 0 Å². The molecule has 0 radical (unpaired) electrons. The van der Waals surface area contributed by atoms with E-state index in [9.17, 15) is 0 Å². The van der Waals surface area contributed by atoms with E-state index in [1.165, 1.54) is 36.1 Å². The van der Waals surface area contributed by atoms with E-state index in [1.54, 1.807) is 0 Å². The summed E-state index contributed by atoms with van der Waals surface area (Å²) < 4.78 is 0. The molecule has 0 aliphatic carbocycles. The Morgan fingerprint density at radius 2 is 1.62 bits per heavy atom. The first kappa shape index (κ1) is 14.3. The van der Waals surface area contributed by atoms with Crippen LogP contribution in [0.15, 0.2) is 54.6 Å². The molecule has 0 bridgehead atoms. The van der Waals surface area contributed by atoms with Crippen LogP contribution >= 0.6 is 0 Å². The van der Waals surface area contributed by atoms with Crippen molar-refractivity contribution >= 4 is 0 Å². The Labute approximate surface area is 128 Å². The number of nitrogens with one attached hydrogen (secondary N) is 1. The molecule has 2 aromatic rings. The zero-order valence-corrected chi connectivity index (χ0v) is 13.1. The van der Waals surface area contributed by atoms with Crippen molar-refractivity contribution in [2.24, 2.45) is 5.92 Å². The van der Waals surface area contributed by atoms with E-state index in [4.69, 9.17) is 0 Å². The predicted molar refractivity (Wildman–Crippen MR) is 90.4 cm³/mol. The highest BCUT2D eigenvalue weighted by Crippen LogP contribution is 2.32. The van der Waals surface area contributed by atoms with Crippen molar-refractivity contribution in [3.05, 3.63) is 60.2 Å². The van der Waals surface area contributed by atoms with Gasteiger partial charge in [0.2, 0.25) is 0 Å². The third-order valence-corrected chi connectivity index (χ3v) is 4.96. The molecule has 1 aliphatic rings. The first-order valence-electron chi connectivity index (χ1n) is 8.09. The lowest BCUT2D eigenvalue weighted by molar-refractivity contribution is 0.269. The highest BCUT2D eigenvalue weighted by Gasteiger charge is 2.36. The fourth-order valence-corrected chi connectivity index (χ4v) is 3.49. The van der Waals surface area contributed by atoms with Crippen molar-refractivity contribution in [2.45, 2.75) is 38.6 Å². The smallest absolute Gasteiger partial charge is 0.0245 e. The van der Waals surface area contributed by atoms with Gasteiger partial charge in [0.05, 0.1) is 0 Å². The summed E-state index contributed by atoms with van der Waals surface area (Å²) in [5, 5.41) is 3.76. The van der Waals surface area contributed by atoms with E-state index >= 15 is 0 Å². The predicted octanol–water partition coefficient (Wildman–Crippen LogP) is 4.67. The van der Waals surface area contributed by atoms with Crippen molar-refractivity contribution in [1.82, 2.24) is 5.32 Å². The number of hydrogen-bond acceptors (Lipinski definition) is 1. The summed E-state index contributed by atoms with van der Waals surface area (Å²) in [5.41, 5.74) is 4.34. The second-order valence-electron chi connectivity index (χ2n) is 6.58. The maximum Gasteiger partial charge on any atom is 0.0245 e. The average molecular weight is 279 g/mol. The molecular weight excluding hydrogens is 254 g/mol. The highest BCUT2D eigenvalue weighted by molar-refractivity contribution is 5.63. The zero-order valence-electron chi connectivity index (χ0n) is 13.1. The summed E-state index contributed by atoms with van der Waals surface area (Å²) in [5.74, 6) is 0.675. The van der Waals surface area contributed by atoms with Crippen molar-refractivity contribution in [3.8, 4) is 11.1 Å². The molecule has 3 rings (SSSR count). The molecule has 0 saturated carbocycles. The molecule has 0 amide bonds. The van der Waals surface area contributed by atoms with Gasteiger partial charge in [-0.05, 0) is 48.4 Å². The standard InChI is InChI=1S/C20H25N/c1-16(2)20(13-6-14-21-20)15-17-9-11-19(12-10-17)18-7-4-3-5-8-18/h3-5,7-12,16,21H,6,13-15H2,1-2H3. The summed E-state index contributed by atoms with van der Waals surface area (Å²) in [6.07, 6.45) is 3.74. The molecule has 1 heteroatoms. The molecule has 1 aliphatic heterocycles. The van der Waals surface area contributed by atoms with E-state index in [0.717, 1.165) is 6.42 Å². The lowest BCUT2D eigenvalue weighted by Crippen LogP contribution is -2.46. The van der Waals surface area contributed by atoms with E-state index in [1.807, 2.05) is 0 Å². The van der Waals surface area contributed by atoms with E-state index in [0.29, 0.717) is 11.5 Å². The molecule has 1 N–H and O–H groups in total. The van der Waals surface area contributed by atoms with Crippen LogP contribution in [-0.4, -0.2) is 12.1 Å². The monoisotopic (exact) mass is 279 g/mol. The summed E-state index contributed by atoms with van der Waals surface area (Å²) in [6.45, 7) is 5.85. The molecule has 1 fully saturated rings. The van der Waals surface area contributed by atoms with E-state index < -0.39 is 0 Å².